The molecule has 0 aliphatic heterocycles. The van der Waals surface area contributed by atoms with E-state index in [1.165, 1.54) is 11.8 Å². The van der Waals surface area contributed by atoms with Crippen molar-refractivity contribution in [3.05, 3.63) is 29.3 Å². The second kappa shape index (κ2) is 10.5. The zero-order chi connectivity index (χ0) is 18.1. The lowest BCUT2D eigenvalue weighted by Crippen LogP contribution is -2.43. The lowest BCUT2D eigenvalue weighted by atomic mass is 10.0. The van der Waals surface area contributed by atoms with Crippen LogP contribution in [0.1, 0.15) is 51.7 Å². The number of nitrogens with zero attached hydrogens (tertiary/aromatic N) is 1. The van der Waals surface area contributed by atoms with Crippen molar-refractivity contribution in [3.63, 3.8) is 0 Å². The van der Waals surface area contributed by atoms with Crippen LogP contribution < -0.4 is 4.90 Å². The van der Waals surface area contributed by atoms with Crippen LogP contribution in [-0.2, 0) is 27.2 Å². The smallest absolute Gasteiger partial charge is 0.254 e. The van der Waals surface area contributed by atoms with Crippen LogP contribution in [0.2, 0.25) is 0 Å². The lowest BCUT2D eigenvalue weighted by Gasteiger charge is -2.26. The summed E-state index contributed by atoms with van der Waals surface area (Å²) in [7, 11) is 0. The van der Waals surface area contributed by atoms with Gasteiger partial charge in [0.15, 0.2) is 0 Å². The standard InChI is InChI=1S/C19H28ClNO3/c1-5-8-12-24-13-17(20)19(23)21(14(4)22)18-15(6-2)10-9-11-16(18)7-3/h9-11,17H,5-8,12-13H2,1-4H3. The maximum absolute atomic E-state index is 12.8. The van der Waals surface area contributed by atoms with Crippen molar-refractivity contribution in [2.75, 3.05) is 18.1 Å². The first-order valence-electron chi connectivity index (χ1n) is 8.64. The molecule has 1 aromatic carbocycles. The predicted molar refractivity (Wildman–Crippen MR) is 98.7 cm³/mol. The molecule has 0 aliphatic rings. The van der Waals surface area contributed by atoms with E-state index in [0.717, 1.165) is 36.8 Å². The van der Waals surface area contributed by atoms with Gasteiger partial charge in [-0.15, -0.1) is 11.6 Å². The maximum atomic E-state index is 12.8. The number of carbonyl (C=O) groups excluding carboxylic acids is 2. The molecule has 0 aromatic heterocycles. The van der Waals surface area contributed by atoms with Crippen LogP contribution in [0.25, 0.3) is 0 Å². The molecule has 5 heteroatoms. The highest BCUT2D eigenvalue weighted by atomic mass is 35.5. The van der Waals surface area contributed by atoms with Crippen molar-refractivity contribution in [1.82, 2.24) is 0 Å². The van der Waals surface area contributed by atoms with Gasteiger partial charge in [0.2, 0.25) is 5.91 Å². The molecule has 1 aromatic rings. The van der Waals surface area contributed by atoms with Gasteiger partial charge >= 0.3 is 0 Å². The molecule has 1 rings (SSSR count). The average Bonchev–Trinajstić information content (AvgIpc) is 2.58. The molecular weight excluding hydrogens is 326 g/mol. The molecule has 0 fully saturated rings. The Balaban J connectivity index is 3.07. The van der Waals surface area contributed by atoms with Crippen LogP contribution in [0.4, 0.5) is 5.69 Å². The Kier molecular flexibility index (Phi) is 9.01. The number of carbonyl (C=O) groups is 2. The molecule has 0 saturated carbocycles. The summed E-state index contributed by atoms with van der Waals surface area (Å²) in [4.78, 5) is 26.2. The molecule has 0 aliphatic carbocycles. The SMILES string of the molecule is CCCCOCC(Cl)C(=O)N(C(C)=O)c1c(CC)cccc1CC. The van der Waals surface area contributed by atoms with Crippen LogP contribution in [0.5, 0.6) is 0 Å². The molecule has 2 amide bonds. The van der Waals surface area contributed by atoms with Gasteiger partial charge in [-0.25, -0.2) is 4.90 Å². The number of ether oxygens (including phenoxy) is 1. The first kappa shape index (κ1) is 20.7. The Morgan fingerprint density at radius 1 is 1.17 bits per heavy atom. The summed E-state index contributed by atoms with van der Waals surface area (Å²) < 4.78 is 5.45. The quantitative estimate of drug-likeness (QED) is 0.495. The third-order valence-electron chi connectivity index (χ3n) is 3.90. The fourth-order valence-electron chi connectivity index (χ4n) is 2.57. The highest BCUT2D eigenvalue weighted by molar-refractivity contribution is 6.36. The fourth-order valence-corrected chi connectivity index (χ4v) is 2.76. The molecule has 0 radical (unpaired) electrons. The molecule has 1 unspecified atom stereocenters. The molecule has 1 atom stereocenters. The summed E-state index contributed by atoms with van der Waals surface area (Å²) in [5.41, 5.74) is 2.61. The summed E-state index contributed by atoms with van der Waals surface area (Å²) in [6.45, 7) is 8.16. The van der Waals surface area contributed by atoms with E-state index in [2.05, 4.69) is 6.92 Å². The first-order chi connectivity index (χ1) is 11.5. The fraction of sp³-hybridized carbons (Fsp3) is 0.579. The molecule has 0 saturated heterocycles. The number of halogens is 1. The molecule has 24 heavy (non-hydrogen) atoms. The predicted octanol–water partition coefficient (Wildman–Crippen LogP) is 4.12. The van der Waals surface area contributed by atoms with Crippen molar-refractivity contribution in [3.8, 4) is 0 Å². The Morgan fingerprint density at radius 2 is 1.75 bits per heavy atom. The number of anilines is 1. The van der Waals surface area contributed by atoms with Gasteiger partial charge < -0.3 is 4.74 Å². The summed E-state index contributed by atoms with van der Waals surface area (Å²) >= 11 is 6.22. The number of alkyl halides is 1. The van der Waals surface area contributed by atoms with E-state index in [0.29, 0.717) is 12.3 Å². The van der Waals surface area contributed by atoms with E-state index in [4.69, 9.17) is 16.3 Å². The number of benzene rings is 1. The highest BCUT2D eigenvalue weighted by Crippen LogP contribution is 2.28. The second-order valence-corrected chi connectivity index (χ2v) is 6.25. The Hall–Kier alpha value is -1.39. The van der Waals surface area contributed by atoms with Crippen molar-refractivity contribution in [2.24, 2.45) is 0 Å². The minimum Gasteiger partial charge on any atom is -0.379 e. The van der Waals surface area contributed by atoms with E-state index in [1.54, 1.807) is 0 Å². The summed E-state index contributed by atoms with van der Waals surface area (Å²) in [5, 5.41) is -0.875. The van der Waals surface area contributed by atoms with Gasteiger partial charge in [0.25, 0.3) is 5.91 Å². The minimum atomic E-state index is -0.875. The van der Waals surface area contributed by atoms with Crippen molar-refractivity contribution >= 4 is 29.1 Å². The number of unbranched alkanes of at least 4 members (excludes halogenated alkanes) is 1. The van der Waals surface area contributed by atoms with E-state index in [-0.39, 0.29) is 12.5 Å². The molecule has 134 valence electrons. The van der Waals surface area contributed by atoms with Gasteiger partial charge in [0.1, 0.15) is 5.38 Å². The lowest BCUT2D eigenvalue weighted by molar-refractivity contribution is -0.125. The topological polar surface area (TPSA) is 46.6 Å². The molecule has 0 spiro atoms. The van der Waals surface area contributed by atoms with E-state index in [1.807, 2.05) is 32.0 Å². The number of amides is 2. The Bertz CT molecular complexity index is 537. The molecule has 0 bridgehead atoms. The zero-order valence-electron chi connectivity index (χ0n) is 15.1. The Labute approximate surface area is 150 Å². The second-order valence-electron chi connectivity index (χ2n) is 5.72. The van der Waals surface area contributed by atoms with Crippen LogP contribution in [0.3, 0.4) is 0 Å². The monoisotopic (exact) mass is 353 g/mol. The van der Waals surface area contributed by atoms with Gasteiger partial charge in [-0.05, 0) is 30.4 Å². The molecular formula is C19H28ClNO3. The van der Waals surface area contributed by atoms with Gasteiger partial charge in [0, 0.05) is 13.5 Å². The van der Waals surface area contributed by atoms with E-state index in [9.17, 15) is 9.59 Å². The summed E-state index contributed by atoms with van der Waals surface area (Å²) in [6, 6.07) is 5.84. The number of hydrogen-bond acceptors (Lipinski definition) is 3. The third-order valence-corrected chi connectivity index (χ3v) is 4.21. The Morgan fingerprint density at radius 3 is 2.21 bits per heavy atom. The molecule has 4 nitrogen and oxygen atoms in total. The first-order valence-corrected chi connectivity index (χ1v) is 9.08. The average molecular weight is 354 g/mol. The van der Waals surface area contributed by atoms with Gasteiger partial charge in [-0.2, -0.15) is 0 Å². The van der Waals surface area contributed by atoms with Gasteiger partial charge in [0.05, 0.1) is 12.3 Å². The van der Waals surface area contributed by atoms with Crippen LogP contribution in [0, 0.1) is 0 Å². The van der Waals surface area contributed by atoms with Crippen molar-refractivity contribution < 1.29 is 14.3 Å². The van der Waals surface area contributed by atoms with Crippen LogP contribution in [-0.4, -0.2) is 30.4 Å². The van der Waals surface area contributed by atoms with Gasteiger partial charge in [-0.3, -0.25) is 9.59 Å². The highest BCUT2D eigenvalue weighted by Gasteiger charge is 2.29. The van der Waals surface area contributed by atoms with E-state index >= 15 is 0 Å². The van der Waals surface area contributed by atoms with Crippen molar-refractivity contribution in [1.29, 1.82) is 0 Å². The number of aryl methyl sites for hydroxylation is 2. The number of para-hydroxylation sites is 1. The number of hydrogen-bond donors (Lipinski definition) is 0. The number of rotatable bonds is 9. The summed E-state index contributed by atoms with van der Waals surface area (Å²) in [5.74, 6) is -0.744. The summed E-state index contributed by atoms with van der Waals surface area (Å²) in [6.07, 6.45) is 3.41. The maximum Gasteiger partial charge on any atom is 0.254 e. The van der Waals surface area contributed by atoms with E-state index < -0.39 is 11.3 Å². The van der Waals surface area contributed by atoms with Crippen LogP contribution in [0.15, 0.2) is 18.2 Å². The van der Waals surface area contributed by atoms with Crippen molar-refractivity contribution in [2.45, 2.75) is 58.8 Å². The molecule has 0 heterocycles. The normalized spacial score (nSPS) is 12.0. The minimum absolute atomic E-state index is 0.111. The van der Waals surface area contributed by atoms with Crippen LogP contribution >= 0.6 is 11.6 Å². The third kappa shape index (κ3) is 5.32. The number of imide groups is 1. The zero-order valence-corrected chi connectivity index (χ0v) is 15.9. The largest absolute Gasteiger partial charge is 0.379 e. The molecule has 0 N–H and O–H groups in total. The van der Waals surface area contributed by atoms with Gasteiger partial charge in [-0.1, -0.05) is 45.4 Å².